The fraction of sp³-hybridized carbons (Fsp3) is 0.250. The summed E-state index contributed by atoms with van der Waals surface area (Å²) in [6, 6.07) is 0. The van der Waals surface area contributed by atoms with Crippen LogP contribution < -0.4 is 10.2 Å². The quantitative estimate of drug-likeness (QED) is 0.580. The first-order valence-corrected chi connectivity index (χ1v) is 6.12. The predicted molar refractivity (Wildman–Crippen MR) is 71.2 cm³/mol. The maximum atomic E-state index is 11.1. The van der Waals surface area contributed by atoms with E-state index in [0.29, 0.717) is 6.42 Å². The second kappa shape index (κ2) is 9.48. The van der Waals surface area contributed by atoms with Crippen molar-refractivity contribution in [3.63, 3.8) is 0 Å². The van der Waals surface area contributed by atoms with Crippen molar-refractivity contribution in [1.29, 1.82) is 0 Å². The van der Waals surface area contributed by atoms with Crippen LogP contribution in [0.5, 0.6) is 0 Å². The first-order valence-electron chi connectivity index (χ1n) is 6.12. The Bertz CT molecular complexity index is 431. The molecule has 2 nitrogen and oxygen atoms in total. The van der Waals surface area contributed by atoms with E-state index in [1.54, 1.807) is 6.92 Å². The van der Waals surface area contributed by atoms with Crippen LogP contribution in [-0.4, -0.2) is 0 Å². The van der Waals surface area contributed by atoms with Crippen molar-refractivity contribution >= 4 is 0 Å². The predicted octanol–water partition coefficient (Wildman–Crippen LogP) is 2.27. The van der Waals surface area contributed by atoms with Crippen molar-refractivity contribution in [2.45, 2.75) is 26.7 Å². The van der Waals surface area contributed by atoms with Crippen LogP contribution in [0.2, 0.25) is 0 Å². The average Bonchev–Trinajstić information content (AvgIpc) is 3.04. The van der Waals surface area contributed by atoms with Crippen molar-refractivity contribution < 1.29 is 27.3 Å². The van der Waals surface area contributed by atoms with Crippen LogP contribution in [-0.2, 0) is 17.1 Å². The summed E-state index contributed by atoms with van der Waals surface area (Å²) in [5.41, 5.74) is 1.65. The molecule has 0 heterocycles. The fourth-order valence-corrected chi connectivity index (χ4v) is 1.54. The largest absolute Gasteiger partial charge is 2.00 e. The Labute approximate surface area is 125 Å². The Kier molecular flexibility index (Phi) is 8.77. The molecule has 0 spiro atoms. The van der Waals surface area contributed by atoms with E-state index in [1.165, 1.54) is 0 Å². The Morgan fingerprint density at radius 3 is 1.63 bits per heavy atom. The van der Waals surface area contributed by atoms with E-state index in [4.69, 9.17) is 0 Å². The molecule has 3 heteroatoms. The zero-order valence-electron chi connectivity index (χ0n) is 11.2. The Balaban J connectivity index is 0.000000331. The molecule has 19 heavy (non-hydrogen) atoms. The molecule has 2 aliphatic carbocycles. The minimum atomic E-state index is 0. The molecule has 0 aromatic heterocycles. The summed E-state index contributed by atoms with van der Waals surface area (Å²) in [7, 11) is 0. The normalized spacial score (nSPS) is 14.2. The molecule has 0 unspecified atom stereocenters. The maximum Gasteiger partial charge on any atom is 2.00 e. The minimum Gasteiger partial charge on any atom is -0.875 e. The molecular formula is C16H18FeO2. The van der Waals surface area contributed by atoms with E-state index in [2.05, 4.69) is 0 Å². The smallest absolute Gasteiger partial charge is 0.875 e. The van der Waals surface area contributed by atoms with Gasteiger partial charge in [0.2, 0.25) is 0 Å². The van der Waals surface area contributed by atoms with Crippen LogP contribution >= 0.6 is 0 Å². The molecule has 0 bridgehead atoms. The first-order chi connectivity index (χ1) is 8.65. The second-order valence-corrected chi connectivity index (χ2v) is 4.08. The third kappa shape index (κ3) is 6.32. The zero-order chi connectivity index (χ0) is 13.4. The van der Waals surface area contributed by atoms with Gasteiger partial charge >= 0.3 is 17.1 Å². The van der Waals surface area contributed by atoms with E-state index < -0.39 is 0 Å². The molecule has 0 fully saturated rings. The maximum absolute atomic E-state index is 11.1. The average molecular weight is 298 g/mol. The van der Waals surface area contributed by atoms with Gasteiger partial charge in [-0.25, -0.2) is 0 Å². The van der Waals surface area contributed by atoms with Crippen LogP contribution in [0.3, 0.4) is 0 Å². The molecule has 102 valence electrons. The first kappa shape index (κ1) is 17.6. The van der Waals surface area contributed by atoms with Crippen LogP contribution in [0.25, 0.3) is 0 Å². The van der Waals surface area contributed by atoms with Crippen molar-refractivity contribution in [3.8, 4) is 0 Å². The number of hydrogen-bond donors (Lipinski definition) is 0. The molecule has 0 aliphatic heterocycles. The van der Waals surface area contributed by atoms with E-state index >= 15 is 0 Å². The summed E-state index contributed by atoms with van der Waals surface area (Å²) in [6.07, 6.45) is 16.4. The Morgan fingerprint density at radius 2 is 1.32 bits per heavy atom. The van der Waals surface area contributed by atoms with Gasteiger partial charge < -0.3 is 10.2 Å². The second-order valence-electron chi connectivity index (χ2n) is 4.08. The molecule has 0 saturated carbocycles. The number of allylic oxidation sites excluding steroid dienone is 12. The SMILES string of the molecule is CC([O-])=C1C=CC=C1.CCCC([O-])=C1C=CC=C1.[Fe+2]. The number of rotatable bonds is 2. The summed E-state index contributed by atoms with van der Waals surface area (Å²) < 4.78 is 0. The van der Waals surface area contributed by atoms with Crippen LogP contribution in [0, 0.1) is 0 Å². The summed E-state index contributed by atoms with van der Waals surface area (Å²) in [5, 5.41) is 21.6. The van der Waals surface area contributed by atoms with E-state index in [9.17, 15) is 10.2 Å². The topological polar surface area (TPSA) is 46.1 Å². The van der Waals surface area contributed by atoms with Gasteiger partial charge in [-0.1, -0.05) is 68.9 Å². The van der Waals surface area contributed by atoms with Gasteiger partial charge in [-0.05, 0) is 17.6 Å². The third-order valence-corrected chi connectivity index (χ3v) is 2.53. The van der Waals surface area contributed by atoms with Gasteiger partial charge in [0.05, 0.1) is 0 Å². The van der Waals surface area contributed by atoms with Crippen molar-refractivity contribution in [1.82, 2.24) is 0 Å². The fourth-order valence-electron chi connectivity index (χ4n) is 1.54. The van der Waals surface area contributed by atoms with Gasteiger partial charge in [-0.2, -0.15) is 0 Å². The van der Waals surface area contributed by atoms with Gasteiger partial charge in [0, 0.05) is 0 Å². The Hall–Kier alpha value is -1.44. The van der Waals surface area contributed by atoms with Gasteiger partial charge in [0.25, 0.3) is 0 Å². The molecule has 0 atom stereocenters. The zero-order valence-corrected chi connectivity index (χ0v) is 12.3. The molecule has 0 amide bonds. The molecule has 0 saturated heterocycles. The van der Waals surface area contributed by atoms with Gasteiger partial charge in [-0.15, -0.1) is 11.5 Å². The van der Waals surface area contributed by atoms with Crippen LogP contribution in [0.4, 0.5) is 0 Å². The number of hydrogen-bond acceptors (Lipinski definition) is 2. The van der Waals surface area contributed by atoms with Gasteiger partial charge in [0.1, 0.15) is 0 Å². The molecule has 0 radical (unpaired) electrons. The minimum absolute atomic E-state index is 0. The summed E-state index contributed by atoms with van der Waals surface area (Å²) in [5.74, 6) is 0.391. The standard InChI is InChI=1S/C9H12O.C7H8O.Fe/c1-2-5-9(10)8-6-3-4-7-8;1-6(8)7-4-2-3-5-7;/h3-4,6-7,10H,2,5H2,1H3;2-5,8H,1H3;/q;;+2/p-2. The summed E-state index contributed by atoms with van der Waals surface area (Å²) in [4.78, 5) is 0. The van der Waals surface area contributed by atoms with Crippen molar-refractivity contribution in [2.24, 2.45) is 0 Å². The molecule has 2 aliphatic rings. The molecule has 2 rings (SSSR count). The van der Waals surface area contributed by atoms with E-state index in [0.717, 1.165) is 17.6 Å². The monoisotopic (exact) mass is 298 g/mol. The van der Waals surface area contributed by atoms with Crippen LogP contribution in [0.15, 0.2) is 71.3 Å². The molecule has 0 aromatic rings. The van der Waals surface area contributed by atoms with Gasteiger partial charge in [0.15, 0.2) is 0 Å². The summed E-state index contributed by atoms with van der Waals surface area (Å²) in [6.45, 7) is 3.58. The van der Waals surface area contributed by atoms with Crippen molar-refractivity contribution in [3.05, 3.63) is 71.3 Å². The third-order valence-electron chi connectivity index (χ3n) is 2.53. The summed E-state index contributed by atoms with van der Waals surface area (Å²) >= 11 is 0. The molecular weight excluding hydrogens is 280 g/mol. The molecule has 0 aromatic carbocycles. The van der Waals surface area contributed by atoms with E-state index in [1.807, 2.05) is 55.5 Å². The van der Waals surface area contributed by atoms with Gasteiger partial charge in [-0.3, -0.25) is 0 Å². The van der Waals surface area contributed by atoms with E-state index in [-0.39, 0.29) is 28.6 Å². The Morgan fingerprint density at radius 1 is 0.895 bits per heavy atom. The molecule has 0 N–H and O–H groups in total. The van der Waals surface area contributed by atoms with Crippen molar-refractivity contribution in [2.75, 3.05) is 0 Å². The van der Waals surface area contributed by atoms with Crippen LogP contribution in [0.1, 0.15) is 26.7 Å².